The van der Waals surface area contributed by atoms with Gasteiger partial charge in [-0.25, -0.2) is 0 Å². The molecule has 17 heavy (non-hydrogen) atoms. The maximum atomic E-state index is 6.43. The lowest BCUT2D eigenvalue weighted by molar-refractivity contribution is -0.120. The topological polar surface area (TPSA) is 21.3 Å². The second kappa shape index (κ2) is 6.75. The zero-order chi connectivity index (χ0) is 12.9. The molecule has 1 aliphatic carbocycles. The Morgan fingerprint density at radius 3 is 2.06 bits per heavy atom. The molecule has 0 bridgehead atoms. The van der Waals surface area contributed by atoms with Gasteiger partial charge >= 0.3 is 0 Å². The van der Waals surface area contributed by atoms with Gasteiger partial charge in [0.05, 0.1) is 11.7 Å². The van der Waals surface area contributed by atoms with Crippen molar-refractivity contribution >= 4 is 0 Å². The van der Waals surface area contributed by atoms with Crippen molar-refractivity contribution in [2.45, 2.75) is 84.5 Å². The van der Waals surface area contributed by atoms with Crippen molar-refractivity contribution in [3.05, 3.63) is 0 Å². The molecule has 1 fully saturated rings. The number of hydrogen-bond acceptors (Lipinski definition) is 2. The summed E-state index contributed by atoms with van der Waals surface area (Å²) in [5.41, 5.74) is 0.103. The molecular formula is C15H31NO. The van der Waals surface area contributed by atoms with Gasteiger partial charge in [-0.2, -0.15) is 0 Å². The summed E-state index contributed by atoms with van der Waals surface area (Å²) >= 11 is 0. The van der Waals surface area contributed by atoms with Crippen LogP contribution < -0.4 is 5.32 Å². The van der Waals surface area contributed by atoms with Crippen LogP contribution in [0.3, 0.4) is 0 Å². The van der Waals surface area contributed by atoms with Crippen molar-refractivity contribution in [1.29, 1.82) is 0 Å². The lowest BCUT2D eigenvalue weighted by Crippen LogP contribution is -2.48. The monoisotopic (exact) mass is 241 g/mol. The Bertz CT molecular complexity index is 207. The molecule has 1 rings (SSSR count). The molecule has 0 aromatic rings. The van der Waals surface area contributed by atoms with Gasteiger partial charge in [0.2, 0.25) is 0 Å². The molecule has 1 atom stereocenters. The standard InChI is InChI=1S/C15H31NO/c1-12(2)14(5)17-15(11-16-13(3)4)9-7-6-8-10-15/h12-14,16H,6-11H2,1-5H3. The minimum absolute atomic E-state index is 0.103. The van der Waals surface area contributed by atoms with Crippen LogP contribution in [0.15, 0.2) is 0 Å². The third-order valence-corrected chi connectivity index (χ3v) is 3.97. The molecule has 0 heterocycles. The van der Waals surface area contributed by atoms with Crippen LogP contribution in [-0.2, 0) is 4.74 Å². The van der Waals surface area contributed by atoms with Crippen LogP contribution in [0.25, 0.3) is 0 Å². The smallest absolute Gasteiger partial charge is 0.0810 e. The van der Waals surface area contributed by atoms with Gasteiger partial charge in [-0.3, -0.25) is 0 Å². The van der Waals surface area contributed by atoms with Crippen LogP contribution in [0, 0.1) is 5.92 Å². The first-order chi connectivity index (χ1) is 7.95. The summed E-state index contributed by atoms with van der Waals surface area (Å²) in [6.07, 6.45) is 6.84. The van der Waals surface area contributed by atoms with Gasteiger partial charge in [0.25, 0.3) is 0 Å². The summed E-state index contributed by atoms with van der Waals surface area (Å²) < 4.78 is 6.43. The fraction of sp³-hybridized carbons (Fsp3) is 1.00. The van der Waals surface area contributed by atoms with Crippen LogP contribution in [-0.4, -0.2) is 24.3 Å². The lowest BCUT2D eigenvalue weighted by atomic mass is 9.84. The van der Waals surface area contributed by atoms with Crippen LogP contribution in [0.2, 0.25) is 0 Å². The van der Waals surface area contributed by atoms with Crippen molar-refractivity contribution in [2.75, 3.05) is 6.54 Å². The maximum absolute atomic E-state index is 6.43. The van der Waals surface area contributed by atoms with Gasteiger partial charge in [0.15, 0.2) is 0 Å². The van der Waals surface area contributed by atoms with E-state index in [1.807, 2.05) is 0 Å². The molecule has 102 valence electrons. The van der Waals surface area contributed by atoms with Gasteiger partial charge in [-0.15, -0.1) is 0 Å². The highest BCUT2D eigenvalue weighted by molar-refractivity contribution is 4.88. The summed E-state index contributed by atoms with van der Waals surface area (Å²) in [6, 6.07) is 0.548. The Morgan fingerprint density at radius 1 is 1.00 bits per heavy atom. The van der Waals surface area contributed by atoms with Crippen molar-refractivity contribution in [3.8, 4) is 0 Å². The molecule has 0 amide bonds. The molecule has 0 aliphatic heterocycles. The first-order valence-corrected chi connectivity index (χ1v) is 7.36. The van der Waals surface area contributed by atoms with E-state index >= 15 is 0 Å². The highest BCUT2D eigenvalue weighted by Gasteiger charge is 2.34. The highest BCUT2D eigenvalue weighted by atomic mass is 16.5. The SMILES string of the molecule is CC(C)NCC1(OC(C)C(C)C)CCCCC1. The lowest BCUT2D eigenvalue weighted by Gasteiger charge is -2.41. The average molecular weight is 241 g/mol. The molecule has 1 saturated carbocycles. The summed E-state index contributed by atoms with van der Waals surface area (Å²) in [7, 11) is 0. The van der Waals surface area contributed by atoms with Gasteiger partial charge in [-0.05, 0) is 25.7 Å². The third-order valence-electron chi connectivity index (χ3n) is 3.97. The van der Waals surface area contributed by atoms with Crippen molar-refractivity contribution in [2.24, 2.45) is 5.92 Å². The summed E-state index contributed by atoms with van der Waals surface area (Å²) in [5.74, 6) is 0.604. The van der Waals surface area contributed by atoms with Gasteiger partial charge in [0.1, 0.15) is 0 Å². The van der Waals surface area contributed by atoms with Gasteiger partial charge < -0.3 is 10.1 Å². The molecule has 0 spiro atoms. The minimum Gasteiger partial charge on any atom is -0.370 e. The number of rotatable bonds is 6. The summed E-state index contributed by atoms with van der Waals surface area (Å²) in [4.78, 5) is 0. The molecule has 0 saturated heterocycles. The Hall–Kier alpha value is -0.0800. The van der Waals surface area contributed by atoms with Gasteiger partial charge in [0, 0.05) is 12.6 Å². The largest absolute Gasteiger partial charge is 0.370 e. The minimum atomic E-state index is 0.103. The predicted octanol–water partition coefficient (Wildman–Crippen LogP) is 3.75. The molecule has 1 aliphatic rings. The van der Waals surface area contributed by atoms with Crippen LogP contribution in [0.1, 0.15) is 66.7 Å². The van der Waals surface area contributed by atoms with Crippen LogP contribution in [0.4, 0.5) is 0 Å². The second-order valence-electron chi connectivity index (χ2n) is 6.35. The van der Waals surface area contributed by atoms with Crippen molar-refractivity contribution in [3.63, 3.8) is 0 Å². The number of hydrogen-bond donors (Lipinski definition) is 1. The highest BCUT2D eigenvalue weighted by Crippen LogP contribution is 2.33. The van der Waals surface area contributed by atoms with E-state index in [0.29, 0.717) is 18.1 Å². The number of ether oxygens (including phenoxy) is 1. The van der Waals surface area contributed by atoms with Crippen LogP contribution in [0.5, 0.6) is 0 Å². The van der Waals surface area contributed by atoms with E-state index in [-0.39, 0.29) is 5.60 Å². The normalized spacial score (nSPS) is 22.1. The fourth-order valence-electron chi connectivity index (χ4n) is 2.45. The molecular weight excluding hydrogens is 210 g/mol. The molecule has 0 aromatic heterocycles. The maximum Gasteiger partial charge on any atom is 0.0810 e. The number of nitrogens with one attached hydrogen (secondary N) is 1. The molecule has 0 aromatic carbocycles. The average Bonchev–Trinajstić information content (AvgIpc) is 2.27. The van der Waals surface area contributed by atoms with Crippen molar-refractivity contribution < 1.29 is 4.74 Å². The second-order valence-corrected chi connectivity index (χ2v) is 6.35. The first kappa shape index (κ1) is 15.0. The molecule has 1 N–H and O–H groups in total. The fourth-order valence-corrected chi connectivity index (χ4v) is 2.45. The van der Waals surface area contributed by atoms with Crippen molar-refractivity contribution in [1.82, 2.24) is 5.32 Å². The Kier molecular flexibility index (Phi) is 5.94. The summed E-state index contributed by atoms with van der Waals surface area (Å²) in [6.45, 7) is 12.1. The quantitative estimate of drug-likeness (QED) is 0.764. The Balaban J connectivity index is 2.57. The van der Waals surface area contributed by atoms with E-state index < -0.39 is 0 Å². The van der Waals surface area contributed by atoms with E-state index in [0.717, 1.165) is 6.54 Å². The summed E-state index contributed by atoms with van der Waals surface area (Å²) in [5, 5.41) is 3.58. The van der Waals surface area contributed by atoms with Crippen LogP contribution >= 0.6 is 0 Å². The molecule has 1 unspecified atom stereocenters. The van der Waals surface area contributed by atoms with E-state index in [9.17, 15) is 0 Å². The first-order valence-electron chi connectivity index (χ1n) is 7.36. The zero-order valence-electron chi connectivity index (χ0n) is 12.4. The predicted molar refractivity (Wildman–Crippen MR) is 74.3 cm³/mol. The third kappa shape index (κ3) is 4.97. The van der Waals surface area contributed by atoms with Gasteiger partial charge in [-0.1, -0.05) is 47.0 Å². The zero-order valence-corrected chi connectivity index (χ0v) is 12.4. The van der Waals surface area contributed by atoms with E-state index in [1.165, 1.54) is 32.1 Å². The Morgan fingerprint density at radius 2 is 1.59 bits per heavy atom. The van der Waals surface area contributed by atoms with E-state index in [1.54, 1.807) is 0 Å². The molecule has 2 nitrogen and oxygen atoms in total. The molecule has 0 radical (unpaired) electrons. The Labute approximate surface area is 108 Å². The van der Waals surface area contributed by atoms with E-state index in [4.69, 9.17) is 4.74 Å². The molecule has 2 heteroatoms. The van der Waals surface area contributed by atoms with E-state index in [2.05, 4.69) is 39.9 Å².